The van der Waals surface area contributed by atoms with E-state index < -0.39 is 0 Å². The summed E-state index contributed by atoms with van der Waals surface area (Å²) in [6.45, 7) is 3.90. The fourth-order valence-electron chi connectivity index (χ4n) is 1.25. The summed E-state index contributed by atoms with van der Waals surface area (Å²) in [6.07, 6.45) is 1.31. The Balaban J connectivity index is 2.92. The minimum absolute atomic E-state index is 0.161. The molecule has 78 valence electrons. The van der Waals surface area contributed by atoms with E-state index in [9.17, 15) is 4.39 Å². The lowest BCUT2D eigenvalue weighted by Crippen LogP contribution is -2.37. The van der Waals surface area contributed by atoms with Gasteiger partial charge in [0.05, 0.1) is 5.02 Å². The van der Waals surface area contributed by atoms with E-state index in [1.807, 2.05) is 13.8 Å². The Bertz CT molecular complexity index is 323. The zero-order valence-electron chi connectivity index (χ0n) is 8.48. The van der Waals surface area contributed by atoms with E-state index in [-0.39, 0.29) is 16.4 Å². The Labute approximate surface area is 89.1 Å². The predicted molar refractivity (Wildman–Crippen MR) is 58.0 cm³/mol. The average molecular weight is 216 g/mol. The highest BCUT2D eigenvalue weighted by Crippen LogP contribution is 2.22. The first-order valence-electron chi connectivity index (χ1n) is 4.68. The molecule has 0 saturated carbocycles. The molecule has 3 heteroatoms. The number of rotatable bonds is 3. The lowest BCUT2D eigenvalue weighted by Gasteiger charge is -2.23. The van der Waals surface area contributed by atoms with Crippen LogP contribution in [0, 0.1) is 5.82 Å². The minimum Gasteiger partial charge on any atom is -0.325 e. The normalized spacial score (nSPS) is 15.2. The first-order valence-corrected chi connectivity index (χ1v) is 5.06. The second kappa shape index (κ2) is 4.28. The van der Waals surface area contributed by atoms with E-state index in [0.29, 0.717) is 12.0 Å². The molecule has 2 N–H and O–H groups in total. The van der Waals surface area contributed by atoms with Crippen molar-refractivity contribution in [1.82, 2.24) is 0 Å². The molecule has 1 nitrogen and oxygen atoms in total. The summed E-state index contributed by atoms with van der Waals surface area (Å²) in [6, 6.07) is 5.01. The maximum atomic E-state index is 13.5. The third-order valence-corrected chi connectivity index (χ3v) is 2.73. The molecule has 0 bridgehead atoms. The summed E-state index contributed by atoms with van der Waals surface area (Å²) in [5.74, 6) is -0.348. The van der Waals surface area contributed by atoms with E-state index in [1.165, 1.54) is 0 Å². The molecule has 0 amide bonds. The molecule has 0 saturated heterocycles. The Morgan fingerprint density at radius 1 is 1.50 bits per heavy atom. The molecule has 1 rings (SSSR count). The first-order chi connectivity index (χ1) is 6.46. The quantitative estimate of drug-likeness (QED) is 0.824. The van der Waals surface area contributed by atoms with Gasteiger partial charge >= 0.3 is 0 Å². The molecule has 0 spiro atoms. The van der Waals surface area contributed by atoms with Crippen LogP contribution in [0.3, 0.4) is 0 Å². The van der Waals surface area contributed by atoms with E-state index in [0.717, 1.165) is 6.42 Å². The lowest BCUT2D eigenvalue weighted by atomic mass is 9.91. The fourth-order valence-corrected chi connectivity index (χ4v) is 1.44. The Hall–Kier alpha value is -0.600. The molecule has 0 fully saturated rings. The predicted octanol–water partition coefficient (Wildman–Crippen LogP) is 3.15. The third kappa shape index (κ3) is 2.69. The van der Waals surface area contributed by atoms with Gasteiger partial charge in [0.15, 0.2) is 0 Å². The summed E-state index contributed by atoms with van der Waals surface area (Å²) in [7, 11) is 0. The van der Waals surface area contributed by atoms with Crippen LogP contribution in [0.15, 0.2) is 18.2 Å². The van der Waals surface area contributed by atoms with Crippen LogP contribution < -0.4 is 5.73 Å². The third-order valence-electron chi connectivity index (χ3n) is 2.43. The van der Waals surface area contributed by atoms with Crippen molar-refractivity contribution in [1.29, 1.82) is 0 Å². The van der Waals surface area contributed by atoms with Gasteiger partial charge in [0, 0.05) is 5.54 Å². The molecule has 0 aliphatic carbocycles. The molecule has 0 aromatic heterocycles. The number of benzene rings is 1. The summed E-state index contributed by atoms with van der Waals surface area (Å²) in [4.78, 5) is 0. The van der Waals surface area contributed by atoms with Crippen LogP contribution in [0.2, 0.25) is 5.02 Å². The van der Waals surface area contributed by atoms with Crippen LogP contribution in [0.25, 0.3) is 0 Å². The molecule has 1 unspecified atom stereocenters. The number of hydrogen-bond acceptors (Lipinski definition) is 1. The summed E-state index contributed by atoms with van der Waals surface area (Å²) >= 11 is 5.67. The molecule has 0 aliphatic rings. The van der Waals surface area contributed by atoms with Crippen molar-refractivity contribution >= 4 is 11.6 Å². The van der Waals surface area contributed by atoms with Gasteiger partial charge in [0.1, 0.15) is 5.82 Å². The van der Waals surface area contributed by atoms with E-state index >= 15 is 0 Å². The van der Waals surface area contributed by atoms with Crippen molar-refractivity contribution in [3.63, 3.8) is 0 Å². The molecule has 1 atom stereocenters. The first kappa shape index (κ1) is 11.5. The summed E-state index contributed by atoms with van der Waals surface area (Å²) < 4.78 is 13.5. The average Bonchev–Trinajstić information content (AvgIpc) is 2.13. The lowest BCUT2D eigenvalue weighted by molar-refractivity contribution is 0.439. The molecule has 0 aliphatic heterocycles. The Morgan fingerprint density at radius 2 is 2.14 bits per heavy atom. The fraction of sp³-hybridized carbons (Fsp3) is 0.455. The highest BCUT2D eigenvalue weighted by Gasteiger charge is 2.19. The van der Waals surface area contributed by atoms with Crippen molar-refractivity contribution in [2.24, 2.45) is 5.73 Å². The maximum Gasteiger partial charge on any atom is 0.145 e. The van der Waals surface area contributed by atoms with Crippen molar-refractivity contribution in [2.75, 3.05) is 0 Å². The molecular formula is C11H15ClFN. The van der Waals surface area contributed by atoms with Crippen LogP contribution in [0.4, 0.5) is 4.39 Å². The number of halogens is 2. The van der Waals surface area contributed by atoms with Gasteiger partial charge in [-0.05, 0) is 31.4 Å². The van der Waals surface area contributed by atoms with Gasteiger partial charge in [-0.3, -0.25) is 0 Å². The molecule has 0 heterocycles. The van der Waals surface area contributed by atoms with Crippen LogP contribution >= 0.6 is 11.6 Å². The number of nitrogens with two attached hydrogens (primary N) is 1. The molecular weight excluding hydrogens is 201 g/mol. The van der Waals surface area contributed by atoms with Crippen LogP contribution in [-0.2, 0) is 6.42 Å². The SMILES string of the molecule is CCC(C)(N)Cc1cccc(Cl)c1F. The second-order valence-electron chi connectivity index (χ2n) is 3.90. The summed E-state index contributed by atoms with van der Waals surface area (Å²) in [5, 5.41) is 0.161. The molecule has 1 aromatic carbocycles. The second-order valence-corrected chi connectivity index (χ2v) is 4.30. The Morgan fingerprint density at radius 3 is 2.71 bits per heavy atom. The largest absolute Gasteiger partial charge is 0.325 e. The zero-order valence-corrected chi connectivity index (χ0v) is 9.24. The van der Waals surface area contributed by atoms with Gasteiger partial charge in [-0.2, -0.15) is 0 Å². The van der Waals surface area contributed by atoms with Gasteiger partial charge in [0.25, 0.3) is 0 Å². The van der Waals surface area contributed by atoms with Crippen LogP contribution in [0.5, 0.6) is 0 Å². The highest BCUT2D eigenvalue weighted by molar-refractivity contribution is 6.30. The molecule has 0 radical (unpaired) electrons. The Kier molecular flexibility index (Phi) is 3.51. The van der Waals surface area contributed by atoms with Crippen molar-refractivity contribution in [2.45, 2.75) is 32.2 Å². The smallest absolute Gasteiger partial charge is 0.145 e. The monoisotopic (exact) mass is 215 g/mol. The maximum absolute atomic E-state index is 13.5. The van der Waals surface area contributed by atoms with Crippen molar-refractivity contribution < 1.29 is 4.39 Å². The number of hydrogen-bond donors (Lipinski definition) is 1. The standard InChI is InChI=1S/C11H15ClFN/c1-3-11(2,14)7-8-5-4-6-9(12)10(8)13/h4-6H,3,7,14H2,1-2H3. The van der Waals surface area contributed by atoms with Gasteiger partial charge in [0.2, 0.25) is 0 Å². The van der Waals surface area contributed by atoms with E-state index in [1.54, 1.807) is 18.2 Å². The molecule has 1 aromatic rings. The van der Waals surface area contributed by atoms with Gasteiger partial charge < -0.3 is 5.73 Å². The van der Waals surface area contributed by atoms with Gasteiger partial charge in [-0.1, -0.05) is 30.7 Å². The van der Waals surface area contributed by atoms with Crippen molar-refractivity contribution in [3.8, 4) is 0 Å². The molecule has 14 heavy (non-hydrogen) atoms. The van der Waals surface area contributed by atoms with Crippen molar-refractivity contribution in [3.05, 3.63) is 34.6 Å². The topological polar surface area (TPSA) is 26.0 Å². The van der Waals surface area contributed by atoms with E-state index in [2.05, 4.69) is 0 Å². The highest BCUT2D eigenvalue weighted by atomic mass is 35.5. The van der Waals surface area contributed by atoms with Crippen LogP contribution in [0.1, 0.15) is 25.8 Å². The minimum atomic E-state index is -0.370. The van der Waals surface area contributed by atoms with Gasteiger partial charge in [-0.25, -0.2) is 4.39 Å². The summed E-state index contributed by atoms with van der Waals surface area (Å²) in [5.41, 5.74) is 6.18. The van der Waals surface area contributed by atoms with E-state index in [4.69, 9.17) is 17.3 Å². The zero-order chi connectivity index (χ0) is 10.8. The van der Waals surface area contributed by atoms with Crippen LogP contribution in [-0.4, -0.2) is 5.54 Å². The van der Waals surface area contributed by atoms with Gasteiger partial charge in [-0.15, -0.1) is 0 Å².